The number of aromatic amines is 1. The number of aliphatic hydroxyl groups is 1. The van der Waals surface area contributed by atoms with Gasteiger partial charge in [0.15, 0.2) is 0 Å². The topological polar surface area (TPSA) is 175 Å². The molecule has 4 heterocycles. The Labute approximate surface area is 344 Å². The Balaban J connectivity index is 0.884. The minimum atomic E-state index is -0.928. The Hall–Kier alpha value is -5.25. The van der Waals surface area contributed by atoms with Crippen LogP contribution in [0.2, 0.25) is 0 Å². The molecule has 0 radical (unpaired) electrons. The number of benzene rings is 4. The van der Waals surface area contributed by atoms with Crippen LogP contribution in [0.1, 0.15) is 42.1 Å². The minimum Gasteiger partial charge on any atom is -0.506 e. The third kappa shape index (κ3) is 8.07. The number of carbonyl (C=O) groups is 2. The first-order valence-electron chi connectivity index (χ1n) is 19.4. The maximum Gasteiger partial charge on any atom is 0.411 e. The fourth-order valence-corrected chi connectivity index (χ4v) is 9.29. The number of nitrogens with one attached hydrogen (secondary N) is 4. The van der Waals surface area contributed by atoms with Crippen LogP contribution in [0.3, 0.4) is 0 Å². The highest BCUT2D eigenvalue weighted by atomic mass is 79.9. The van der Waals surface area contributed by atoms with Gasteiger partial charge >= 0.3 is 6.09 Å². The number of ether oxygens (including phenoxy) is 3. The van der Waals surface area contributed by atoms with E-state index < -0.39 is 12.2 Å². The molecule has 0 unspecified atom stereocenters. The van der Waals surface area contributed by atoms with Crippen molar-refractivity contribution in [1.82, 2.24) is 10.3 Å². The van der Waals surface area contributed by atoms with E-state index in [4.69, 9.17) is 14.2 Å². The van der Waals surface area contributed by atoms with Crippen LogP contribution in [0.25, 0.3) is 22.0 Å². The lowest BCUT2D eigenvalue weighted by Gasteiger charge is -2.45. The second kappa shape index (κ2) is 16.2. The van der Waals surface area contributed by atoms with Crippen LogP contribution >= 0.6 is 15.9 Å². The first-order chi connectivity index (χ1) is 27.9. The Kier molecular flexibility index (Phi) is 11.0. The molecule has 3 aliphatic rings. The number of phenols is 1. The number of aliphatic hydroxyl groups excluding tert-OH is 1. The SMILES string of the molecule is COc1cc(NC(=O)CCc2ccc(-c3ccccc3)c(NC(=O)O[C@@H]3C[C@@H]4[C@H]5O[C@H]5[C@H](C3)[N+]4(C)C)c2)c(Br)cc1CNC[C@H](O)c1ccc(O)c2[nH]c(=O)ccc12. The van der Waals surface area contributed by atoms with E-state index >= 15 is 0 Å². The molecule has 0 saturated carbocycles. The number of methoxy groups -OCH3 is 1. The van der Waals surface area contributed by atoms with Crippen molar-refractivity contribution in [2.24, 2.45) is 0 Å². The monoisotopic (exact) mass is 852 g/mol. The first kappa shape index (κ1) is 39.6. The zero-order valence-corrected chi connectivity index (χ0v) is 34.0. The van der Waals surface area contributed by atoms with Crippen molar-refractivity contribution in [3.8, 4) is 22.6 Å². The van der Waals surface area contributed by atoms with Crippen molar-refractivity contribution in [2.45, 2.75) is 68.7 Å². The number of carbonyl (C=O) groups excluding carboxylic acids is 2. The smallest absolute Gasteiger partial charge is 0.411 e. The molecule has 58 heavy (non-hydrogen) atoms. The molecule has 2 amide bonds. The molecule has 0 aliphatic carbocycles. The number of aromatic hydroxyl groups is 1. The number of piperidine rings is 1. The fraction of sp³-hybridized carbons (Fsp3) is 0.341. The molecule has 3 saturated heterocycles. The number of amides is 2. The number of hydrogen-bond donors (Lipinski definition) is 6. The van der Waals surface area contributed by atoms with Crippen LogP contribution in [0.5, 0.6) is 11.5 Å². The van der Waals surface area contributed by atoms with E-state index in [9.17, 15) is 24.6 Å². The molecule has 4 aromatic carbocycles. The lowest BCUT2D eigenvalue weighted by molar-refractivity contribution is -0.938. The maximum atomic E-state index is 13.4. The highest BCUT2D eigenvalue weighted by molar-refractivity contribution is 9.10. The molecule has 2 bridgehead atoms. The summed E-state index contributed by atoms with van der Waals surface area (Å²) in [5, 5.41) is 31.0. The summed E-state index contributed by atoms with van der Waals surface area (Å²) in [5.74, 6) is 0.269. The number of fused-ring (bicyclic) bond motifs is 6. The van der Waals surface area contributed by atoms with Gasteiger partial charge in [-0.2, -0.15) is 0 Å². The van der Waals surface area contributed by atoms with Gasteiger partial charge in [-0.25, -0.2) is 4.79 Å². The summed E-state index contributed by atoms with van der Waals surface area (Å²) in [6.07, 6.45) is 1.11. The van der Waals surface area contributed by atoms with Gasteiger partial charge in [-0.1, -0.05) is 48.5 Å². The summed E-state index contributed by atoms with van der Waals surface area (Å²) in [6.45, 7) is 0.525. The molecule has 5 aromatic rings. The summed E-state index contributed by atoms with van der Waals surface area (Å²) >= 11 is 3.59. The minimum absolute atomic E-state index is 0.0753. The van der Waals surface area contributed by atoms with Crippen molar-refractivity contribution >= 4 is 50.2 Å². The van der Waals surface area contributed by atoms with Crippen LogP contribution in [-0.2, 0) is 27.2 Å². The van der Waals surface area contributed by atoms with Crippen LogP contribution < -0.4 is 26.2 Å². The summed E-state index contributed by atoms with van der Waals surface area (Å²) in [7, 11) is 6.04. The van der Waals surface area contributed by atoms with E-state index in [-0.39, 0.29) is 54.0 Å². The summed E-state index contributed by atoms with van der Waals surface area (Å²) in [5.41, 5.74) is 5.12. The highest BCUT2D eigenvalue weighted by Crippen LogP contribution is 2.51. The predicted molar refractivity (Wildman–Crippen MR) is 224 cm³/mol. The number of hydrogen-bond acceptors (Lipinski definition) is 9. The molecule has 13 nitrogen and oxygen atoms in total. The van der Waals surface area contributed by atoms with Crippen LogP contribution in [0.15, 0.2) is 94.2 Å². The second-order valence-electron chi connectivity index (χ2n) is 15.8. The number of halogens is 1. The zero-order valence-electron chi connectivity index (χ0n) is 32.5. The lowest BCUT2D eigenvalue weighted by atomic mass is 9.96. The molecule has 3 fully saturated rings. The number of H-pyrrole nitrogens is 1. The quantitative estimate of drug-likeness (QED) is 0.0581. The standard InChI is InChI=1S/C44H46BrN5O8/c1-50(2)34-19-27(20-35(50)43-42(34)58-43)57-44(55)48-32-17-24(9-11-28(32)25-7-5-4-6-8-25)10-15-39(53)47-33-21-38(56-3)26(18-31(33)45)22-46-23-37(52)29-12-14-36(51)41-30(29)13-16-40(54)49-41/h4-9,11-14,16-18,21,27,34-35,37,42-43,46,52H,10,15,19-20,22-23H2,1-3H3,(H3-,47,48,49,51,53,54,55)/p+1/t27-,34-,35+,37-,42-,43+/m0/s1. The molecule has 6 atom stereocenters. The van der Waals surface area contributed by atoms with E-state index in [0.29, 0.717) is 57.6 Å². The van der Waals surface area contributed by atoms with Gasteiger partial charge in [0, 0.05) is 65.5 Å². The first-order valence-corrected chi connectivity index (χ1v) is 20.2. The largest absolute Gasteiger partial charge is 0.506 e. The molecule has 3 aliphatic heterocycles. The summed E-state index contributed by atoms with van der Waals surface area (Å²) < 4.78 is 19.1. The number of rotatable bonds is 13. The Bertz CT molecular complexity index is 2400. The maximum absolute atomic E-state index is 13.4. The van der Waals surface area contributed by atoms with Gasteiger partial charge in [0.1, 0.15) is 41.9 Å². The summed E-state index contributed by atoms with van der Waals surface area (Å²) in [4.78, 5) is 41.1. The third-order valence-corrected chi connectivity index (χ3v) is 12.6. The van der Waals surface area contributed by atoms with Crippen LogP contribution in [0.4, 0.5) is 16.2 Å². The van der Waals surface area contributed by atoms with Gasteiger partial charge < -0.3 is 44.5 Å². The van der Waals surface area contributed by atoms with Crippen molar-refractivity contribution < 1.29 is 38.5 Å². The lowest BCUT2D eigenvalue weighted by Crippen LogP contribution is -2.60. The number of nitrogens with zero attached hydrogens (tertiary/aromatic N) is 1. The van der Waals surface area contributed by atoms with E-state index in [0.717, 1.165) is 39.6 Å². The second-order valence-corrected chi connectivity index (χ2v) is 16.7. The van der Waals surface area contributed by atoms with Gasteiger partial charge in [-0.05, 0) is 63.3 Å². The van der Waals surface area contributed by atoms with Crippen molar-refractivity contribution in [1.29, 1.82) is 0 Å². The van der Waals surface area contributed by atoms with Gasteiger partial charge in [0.05, 0.1) is 44.2 Å². The molecule has 302 valence electrons. The van der Waals surface area contributed by atoms with Gasteiger partial charge in [0.25, 0.3) is 0 Å². The van der Waals surface area contributed by atoms with E-state index in [1.54, 1.807) is 25.3 Å². The number of morpholine rings is 1. The molecule has 1 aromatic heterocycles. The number of aryl methyl sites for hydroxylation is 1. The number of pyridine rings is 1. The average molecular weight is 854 g/mol. The number of phenolic OH excluding ortho intramolecular Hbond substituents is 1. The van der Waals surface area contributed by atoms with E-state index in [1.807, 2.05) is 54.6 Å². The van der Waals surface area contributed by atoms with Crippen LogP contribution in [0, 0.1) is 0 Å². The zero-order chi connectivity index (χ0) is 40.7. The molecule has 14 heteroatoms. The number of likely N-dealkylation sites (N-methyl/N-ethyl adjacent to an activating group) is 1. The molecular formula is C44H47BrN5O8+. The Morgan fingerprint density at radius 2 is 1.72 bits per heavy atom. The Morgan fingerprint density at radius 3 is 2.47 bits per heavy atom. The molecule has 0 spiro atoms. The van der Waals surface area contributed by atoms with Gasteiger partial charge in [-0.3, -0.25) is 14.9 Å². The number of epoxide rings is 1. The highest BCUT2D eigenvalue weighted by Gasteiger charge is 2.70. The fourth-order valence-electron chi connectivity index (χ4n) is 8.80. The van der Waals surface area contributed by atoms with E-state index in [1.165, 1.54) is 12.1 Å². The van der Waals surface area contributed by atoms with Crippen LogP contribution in [-0.4, -0.2) is 89.8 Å². The third-order valence-electron chi connectivity index (χ3n) is 11.9. The van der Waals surface area contributed by atoms with Crippen molar-refractivity contribution in [3.05, 3.63) is 116 Å². The average Bonchev–Trinajstić information content (AvgIpc) is 3.98. The van der Waals surface area contributed by atoms with Gasteiger partial charge in [0.2, 0.25) is 11.5 Å². The van der Waals surface area contributed by atoms with Gasteiger partial charge in [-0.15, -0.1) is 0 Å². The summed E-state index contributed by atoms with van der Waals surface area (Å²) in [6, 6.07) is 25.9. The molecule has 6 N–H and O–H groups in total. The number of aromatic nitrogens is 1. The molecule has 8 rings (SSSR count). The Morgan fingerprint density at radius 1 is 0.966 bits per heavy atom. The van der Waals surface area contributed by atoms with Crippen molar-refractivity contribution in [3.63, 3.8) is 0 Å². The number of quaternary nitrogens is 1. The molecular weight excluding hydrogens is 806 g/mol. The number of anilines is 2. The predicted octanol–water partition coefficient (Wildman–Crippen LogP) is 6.37. The van der Waals surface area contributed by atoms with Crippen molar-refractivity contribution in [2.75, 3.05) is 38.4 Å². The normalized spacial score (nSPS) is 21.8. The van der Waals surface area contributed by atoms with E-state index in [2.05, 4.69) is 51.0 Å².